The maximum Gasteiger partial charge on any atom is 0.251 e. The Hall–Kier alpha value is -1.31. The zero-order valence-electron chi connectivity index (χ0n) is 7.36. The van der Waals surface area contributed by atoms with Gasteiger partial charge in [0, 0.05) is 11.6 Å². The van der Waals surface area contributed by atoms with Crippen LogP contribution in [-0.2, 0) is 0 Å². The first-order valence-corrected chi connectivity index (χ1v) is 4.54. The van der Waals surface area contributed by atoms with Gasteiger partial charge in [0.25, 0.3) is 5.91 Å². The highest BCUT2D eigenvalue weighted by atomic mass is 16.1. The summed E-state index contributed by atoms with van der Waals surface area (Å²) >= 11 is 0. The van der Waals surface area contributed by atoms with Crippen LogP contribution in [0.4, 0.5) is 0 Å². The maximum atomic E-state index is 11.5. The van der Waals surface area contributed by atoms with Crippen LogP contribution in [0.25, 0.3) is 0 Å². The van der Waals surface area contributed by atoms with Crippen LogP contribution in [0.3, 0.4) is 0 Å². The standard InChI is InChI=1S/C11H12NO/c13-11(12-10-7-4-8-10)9-5-2-1-3-6-9/h1-6,10H,7-8H2,(H,12,13). The third-order valence-corrected chi connectivity index (χ3v) is 2.27. The van der Waals surface area contributed by atoms with Crippen molar-refractivity contribution in [3.05, 3.63) is 42.3 Å². The average Bonchev–Trinajstić information content (AvgIpc) is 2.12. The lowest BCUT2D eigenvalue weighted by Gasteiger charge is -2.25. The summed E-state index contributed by atoms with van der Waals surface area (Å²) in [7, 11) is 0. The van der Waals surface area contributed by atoms with Crippen molar-refractivity contribution in [1.29, 1.82) is 0 Å². The molecule has 0 bridgehead atoms. The lowest BCUT2D eigenvalue weighted by atomic mass is 9.93. The smallest absolute Gasteiger partial charge is 0.251 e. The van der Waals surface area contributed by atoms with Crippen molar-refractivity contribution in [3.63, 3.8) is 0 Å². The number of hydrogen-bond donors (Lipinski definition) is 1. The van der Waals surface area contributed by atoms with E-state index in [9.17, 15) is 4.79 Å². The second-order valence-corrected chi connectivity index (χ2v) is 3.30. The van der Waals surface area contributed by atoms with Crippen LogP contribution in [0.1, 0.15) is 23.2 Å². The van der Waals surface area contributed by atoms with Gasteiger partial charge in [-0.3, -0.25) is 4.79 Å². The molecule has 1 aliphatic carbocycles. The molecule has 2 heteroatoms. The summed E-state index contributed by atoms with van der Waals surface area (Å²) in [5.74, 6) is 0.0405. The summed E-state index contributed by atoms with van der Waals surface area (Å²) in [6.07, 6.45) is 4.20. The third-order valence-electron chi connectivity index (χ3n) is 2.27. The number of nitrogens with one attached hydrogen (secondary N) is 1. The predicted octanol–water partition coefficient (Wildman–Crippen LogP) is 1.78. The van der Waals surface area contributed by atoms with Gasteiger partial charge in [0.2, 0.25) is 0 Å². The molecule has 0 aliphatic heterocycles. The average molecular weight is 174 g/mol. The van der Waals surface area contributed by atoms with Crippen molar-refractivity contribution in [2.45, 2.75) is 18.9 Å². The van der Waals surface area contributed by atoms with Crippen LogP contribution in [0.2, 0.25) is 0 Å². The van der Waals surface area contributed by atoms with Gasteiger partial charge in [0.1, 0.15) is 0 Å². The number of benzene rings is 1. The molecule has 67 valence electrons. The molecule has 1 amide bonds. The monoisotopic (exact) mass is 174 g/mol. The van der Waals surface area contributed by atoms with Gasteiger partial charge < -0.3 is 5.32 Å². The summed E-state index contributed by atoms with van der Waals surface area (Å²) < 4.78 is 0. The quantitative estimate of drug-likeness (QED) is 0.727. The first kappa shape index (κ1) is 8.30. The summed E-state index contributed by atoms with van der Waals surface area (Å²) in [5.41, 5.74) is 0.745. The zero-order valence-corrected chi connectivity index (χ0v) is 7.36. The van der Waals surface area contributed by atoms with Gasteiger partial charge in [-0.15, -0.1) is 0 Å². The van der Waals surface area contributed by atoms with Crippen molar-refractivity contribution < 1.29 is 4.79 Å². The second-order valence-electron chi connectivity index (χ2n) is 3.30. The summed E-state index contributed by atoms with van der Waals surface area (Å²) in [6.45, 7) is 0. The van der Waals surface area contributed by atoms with Gasteiger partial charge >= 0.3 is 0 Å². The van der Waals surface area contributed by atoms with E-state index in [2.05, 4.69) is 11.7 Å². The number of carbonyl (C=O) groups excluding carboxylic acids is 1. The van der Waals surface area contributed by atoms with E-state index in [1.54, 1.807) is 0 Å². The predicted molar refractivity (Wildman–Crippen MR) is 51.2 cm³/mol. The molecular formula is C11H12NO. The summed E-state index contributed by atoms with van der Waals surface area (Å²) in [5, 5.41) is 2.96. The Morgan fingerprint density at radius 2 is 1.92 bits per heavy atom. The lowest BCUT2D eigenvalue weighted by molar-refractivity contribution is 0.0927. The molecule has 1 radical (unpaired) electrons. The minimum atomic E-state index is 0.0405. The largest absolute Gasteiger partial charge is 0.349 e. The maximum absolute atomic E-state index is 11.5. The molecule has 1 N–H and O–H groups in total. The molecule has 0 unspecified atom stereocenters. The Kier molecular flexibility index (Phi) is 2.30. The van der Waals surface area contributed by atoms with Gasteiger partial charge in [0.05, 0.1) is 0 Å². The SMILES string of the molecule is O=C(NC1C[CH]C1)c1ccccc1. The Bertz CT molecular complexity index is 290. The number of amides is 1. The second kappa shape index (κ2) is 3.60. The molecule has 0 atom stereocenters. The van der Waals surface area contributed by atoms with E-state index in [-0.39, 0.29) is 5.91 Å². The fourth-order valence-corrected chi connectivity index (χ4v) is 1.31. The molecular weight excluding hydrogens is 162 g/mol. The lowest BCUT2D eigenvalue weighted by Crippen LogP contribution is -2.39. The van der Waals surface area contributed by atoms with E-state index in [1.807, 2.05) is 30.3 Å². The van der Waals surface area contributed by atoms with Gasteiger partial charge in [-0.25, -0.2) is 0 Å². The first-order valence-electron chi connectivity index (χ1n) is 4.54. The van der Waals surface area contributed by atoms with E-state index >= 15 is 0 Å². The number of rotatable bonds is 2. The van der Waals surface area contributed by atoms with E-state index in [4.69, 9.17) is 0 Å². The highest BCUT2D eigenvalue weighted by molar-refractivity contribution is 5.94. The topological polar surface area (TPSA) is 29.1 Å². The molecule has 1 fully saturated rings. The van der Waals surface area contributed by atoms with Crippen molar-refractivity contribution in [3.8, 4) is 0 Å². The van der Waals surface area contributed by atoms with Crippen LogP contribution in [-0.4, -0.2) is 11.9 Å². The molecule has 1 saturated carbocycles. The van der Waals surface area contributed by atoms with E-state index in [1.165, 1.54) is 0 Å². The molecule has 2 rings (SSSR count). The van der Waals surface area contributed by atoms with E-state index in [0.29, 0.717) is 6.04 Å². The van der Waals surface area contributed by atoms with Crippen molar-refractivity contribution in [2.24, 2.45) is 0 Å². The normalized spacial score (nSPS) is 16.3. The zero-order chi connectivity index (χ0) is 9.10. The van der Waals surface area contributed by atoms with Crippen LogP contribution >= 0.6 is 0 Å². The van der Waals surface area contributed by atoms with E-state index in [0.717, 1.165) is 18.4 Å². The Labute approximate surface area is 78.0 Å². The highest BCUT2D eigenvalue weighted by Gasteiger charge is 2.19. The third kappa shape index (κ3) is 1.89. The highest BCUT2D eigenvalue weighted by Crippen LogP contribution is 2.17. The van der Waals surface area contributed by atoms with Crippen molar-refractivity contribution in [2.75, 3.05) is 0 Å². The van der Waals surface area contributed by atoms with Crippen molar-refractivity contribution in [1.82, 2.24) is 5.32 Å². The molecule has 0 aromatic heterocycles. The molecule has 0 spiro atoms. The van der Waals surface area contributed by atoms with Crippen LogP contribution in [0, 0.1) is 6.42 Å². The molecule has 0 saturated heterocycles. The molecule has 13 heavy (non-hydrogen) atoms. The van der Waals surface area contributed by atoms with Crippen LogP contribution in [0.5, 0.6) is 0 Å². The van der Waals surface area contributed by atoms with Gasteiger partial charge in [-0.05, 0) is 31.4 Å². The Morgan fingerprint density at radius 3 is 2.46 bits per heavy atom. The van der Waals surface area contributed by atoms with Crippen molar-refractivity contribution >= 4 is 5.91 Å². The minimum Gasteiger partial charge on any atom is -0.349 e. The number of hydrogen-bond acceptors (Lipinski definition) is 1. The fraction of sp³-hybridized carbons (Fsp3) is 0.273. The molecule has 1 aliphatic rings. The Balaban J connectivity index is 1.97. The van der Waals surface area contributed by atoms with Gasteiger partial charge in [-0.1, -0.05) is 18.2 Å². The van der Waals surface area contributed by atoms with Crippen LogP contribution < -0.4 is 5.32 Å². The fourth-order valence-electron chi connectivity index (χ4n) is 1.31. The molecule has 1 aromatic rings. The molecule has 2 nitrogen and oxygen atoms in total. The molecule has 1 aromatic carbocycles. The summed E-state index contributed by atoms with van der Waals surface area (Å²) in [6, 6.07) is 9.69. The van der Waals surface area contributed by atoms with Gasteiger partial charge in [-0.2, -0.15) is 0 Å². The van der Waals surface area contributed by atoms with Gasteiger partial charge in [0.15, 0.2) is 0 Å². The number of carbonyl (C=O) groups is 1. The Morgan fingerprint density at radius 1 is 1.23 bits per heavy atom. The molecule has 0 heterocycles. The summed E-state index contributed by atoms with van der Waals surface area (Å²) in [4.78, 5) is 11.5. The first-order chi connectivity index (χ1) is 6.36. The van der Waals surface area contributed by atoms with E-state index < -0.39 is 0 Å². The van der Waals surface area contributed by atoms with Crippen LogP contribution in [0.15, 0.2) is 30.3 Å². The minimum absolute atomic E-state index is 0.0405.